The van der Waals surface area contributed by atoms with Gasteiger partial charge in [-0.1, -0.05) is 74.9 Å². The quantitative estimate of drug-likeness (QED) is 0.199. The maximum atomic E-state index is 15.0. The van der Waals surface area contributed by atoms with Gasteiger partial charge >= 0.3 is 5.97 Å². The minimum absolute atomic E-state index is 0.0889. The van der Waals surface area contributed by atoms with E-state index in [4.69, 9.17) is 4.74 Å². The zero-order valence-corrected chi connectivity index (χ0v) is 19.6. The topological polar surface area (TPSA) is 26.3 Å². The van der Waals surface area contributed by atoms with E-state index >= 15 is 0 Å². The SMILES string of the molecule is CCCc1ccc(-c2ccc(-c3ccc(C(=O)Oc4ccc(CC)c(F)c4)cc3)c(F)c2F)cc1. The summed E-state index contributed by atoms with van der Waals surface area (Å²) in [7, 11) is 0. The molecule has 4 rings (SSSR count). The number of esters is 1. The van der Waals surface area contributed by atoms with Gasteiger partial charge in [-0.15, -0.1) is 0 Å². The van der Waals surface area contributed by atoms with Gasteiger partial charge in [0.2, 0.25) is 0 Å². The summed E-state index contributed by atoms with van der Waals surface area (Å²) in [6.07, 6.45) is 2.48. The molecular weight excluding hydrogens is 449 g/mol. The first-order valence-corrected chi connectivity index (χ1v) is 11.6. The van der Waals surface area contributed by atoms with Gasteiger partial charge in [-0.3, -0.25) is 0 Å². The largest absolute Gasteiger partial charge is 0.423 e. The molecule has 0 radical (unpaired) electrons. The highest BCUT2D eigenvalue weighted by Crippen LogP contribution is 2.32. The summed E-state index contributed by atoms with van der Waals surface area (Å²) >= 11 is 0. The van der Waals surface area contributed by atoms with E-state index in [-0.39, 0.29) is 22.4 Å². The first-order valence-electron chi connectivity index (χ1n) is 11.6. The number of halogens is 3. The standard InChI is InChI=1S/C30H25F3O2/c1-3-5-19-6-8-21(9-7-19)25-16-17-26(29(33)28(25)32)22-10-12-23(13-11-22)30(34)35-24-15-14-20(4-2)27(31)18-24/h6-18H,3-5H2,1-2H3. The first kappa shape index (κ1) is 24.3. The minimum atomic E-state index is -0.957. The molecule has 0 aliphatic heterocycles. The van der Waals surface area contributed by atoms with E-state index in [1.165, 1.54) is 42.5 Å². The molecule has 5 heteroatoms. The fourth-order valence-corrected chi connectivity index (χ4v) is 3.97. The smallest absolute Gasteiger partial charge is 0.343 e. The fraction of sp³-hybridized carbons (Fsp3) is 0.167. The highest BCUT2D eigenvalue weighted by Gasteiger charge is 2.17. The molecule has 4 aromatic rings. The average molecular weight is 475 g/mol. The maximum Gasteiger partial charge on any atom is 0.343 e. The Morgan fingerprint density at radius 2 is 1.31 bits per heavy atom. The van der Waals surface area contributed by atoms with Crippen molar-refractivity contribution in [3.63, 3.8) is 0 Å². The third-order valence-electron chi connectivity index (χ3n) is 5.93. The number of ether oxygens (including phenoxy) is 1. The predicted molar refractivity (Wildman–Crippen MR) is 132 cm³/mol. The van der Waals surface area contributed by atoms with Crippen LogP contribution in [-0.2, 0) is 12.8 Å². The van der Waals surface area contributed by atoms with Crippen LogP contribution in [-0.4, -0.2) is 5.97 Å². The van der Waals surface area contributed by atoms with Gasteiger partial charge in [0.1, 0.15) is 11.6 Å². The second kappa shape index (κ2) is 10.6. The van der Waals surface area contributed by atoms with Crippen molar-refractivity contribution in [2.45, 2.75) is 33.1 Å². The van der Waals surface area contributed by atoms with E-state index in [1.54, 1.807) is 24.3 Å². The summed E-state index contributed by atoms with van der Waals surface area (Å²) in [5.74, 6) is -2.89. The average Bonchev–Trinajstić information content (AvgIpc) is 2.87. The number of hydrogen-bond acceptors (Lipinski definition) is 2. The highest BCUT2D eigenvalue weighted by molar-refractivity contribution is 5.91. The molecular formula is C30H25F3O2. The van der Waals surface area contributed by atoms with Gasteiger partial charge in [-0.05, 0) is 53.3 Å². The number of aryl methyl sites for hydroxylation is 2. The van der Waals surface area contributed by atoms with Crippen molar-refractivity contribution in [2.75, 3.05) is 0 Å². The van der Waals surface area contributed by atoms with E-state index in [0.717, 1.165) is 18.4 Å². The van der Waals surface area contributed by atoms with Crippen LogP contribution in [0.2, 0.25) is 0 Å². The Morgan fingerprint density at radius 1 is 0.743 bits per heavy atom. The molecule has 0 fully saturated rings. The molecule has 2 nitrogen and oxygen atoms in total. The van der Waals surface area contributed by atoms with E-state index in [2.05, 4.69) is 6.92 Å². The highest BCUT2D eigenvalue weighted by atomic mass is 19.2. The molecule has 4 aromatic carbocycles. The normalized spacial score (nSPS) is 10.9. The summed E-state index contributed by atoms with van der Waals surface area (Å²) in [5, 5.41) is 0. The number of hydrogen-bond donors (Lipinski definition) is 0. The van der Waals surface area contributed by atoms with Crippen molar-refractivity contribution in [3.05, 3.63) is 113 Å². The van der Waals surface area contributed by atoms with Gasteiger partial charge < -0.3 is 4.74 Å². The molecule has 0 aromatic heterocycles. The van der Waals surface area contributed by atoms with Crippen LogP contribution < -0.4 is 4.74 Å². The van der Waals surface area contributed by atoms with E-state index in [9.17, 15) is 18.0 Å². The van der Waals surface area contributed by atoms with Crippen LogP contribution in [0.5, 0.6) is 5.75 Å². The molecule has 0 bridgehead atoms. The van der Waals surface area contributed by atoms with E-state index < -0.39 is 23.4 Å². The second-order valence-electron chi connectivity index (χ2n) is 8.31. The fourth-order valence-electron chi connectivity index (χ4n) is 3.97. The summed E-state index contributed by atoms with van der Waals surface area (Å²) in [6, 6.07) is 20.8. The predicted octanol–water partition coefficient (Wildman–Crippen LogP) is 8.17. The third-order valence-corrected chi connectivity index (χ3v) is 5.93. The zero-order chi connectivity index (χ0) is 24.9. The molecule has 0 saturated carbocycles. The van der Waals surface area contributed by atoms with Crippen molar-refractivity contribution in [2.24, 2.45) is 0 Å². The summed E-state index contributed by atoms with van der Waals surface area (Å²) in [6.45, 7) is 3.92. The second-order valence-corrected chi connectivity index (χ2v) is 8.31. The molecule has 0 unspecified atom stereocenters. The van der Waals surface area contributed by atoms with Crippen molar-refractivity contribution in [1.82, 2.24) is 0 Å². The summed E-state index contributed by atoms with van der Waals surface area (Å²) in [4.78, 5) is 12.4. The third kappa shape index (κ3) is 5.29. The number of benzene rings is 4. The number of carbonyl (C=O) groups excluding carboxylic acids is 1. The lowest BCUT2D eigenvalue weighted by Crippen LogP contribution is -2.08. The molecule has 0 atom stereocenters. The lowest BCUT2D eigenvalue weighted by atomic mass is 9.97. The Balaban J connectivity index is 1.53. The molecule has 178 valence electrons. The first-order chi connectivity index (χ1) is 16.9. The van der Waals surface area contributed by atoms with Crippen molar-refractivity contribution < 1.29 is 22.7 Å². The minimum Gasteiger partial charge on any atom is -0.423 e. The summed E-state index contributed by atoms with van der Waals surface area (Å²) in [5.41, 5.74) is 3.19. The molecule has 0 heterocycles. The van der Waals surface area contributed by atoms with Gasteiger partial charge in [-0.2, -0.15) is 0 Å². The van der Waals surface area contributed by atoms with Crippen molar-refractivity contribution in [1.29, 1.82) is 0 Å². The lowest BCUT2D eigenvalue weighted by Gasteiger charge is -2.11. The van der Waals surface area contributed by atoms with Crippen LogP contribution in [0.3, 0.4) is 0 Å². The van der Waals surface area contributed by atoms with Crippen LogP contribution in [0.4, 0.5) is 13.2 Å². The Labute approximate surface area is 203 Å². The van der Waals surface area contributed by atoms with Gasteiger partial charge in [0, 0.05) is 17.2 Å². The zero-order valence-electron chi connectivity index (χ0n) is 19.6. The van der Waals surface area contributed by atoms with Gasteiger partial charge in [-0.25, -0.2) is 18.0 Å². The van der Waals surface area contributed by atoms with Crippen LogP contribution in [0.1, 0.15) is 41.8 Å². The molecule has 0 saturated heterocycles. The van der Waals surface area contributed by atoms with Crippen LogP contribution in [0.15, 0.2) is 78.9 Å². The molecule has 0 aliphatic carbocycles. The molecule has 35 heavy (non-hydrogen) atoms. The summed E-state index contributed by atoms with van der Waals surface area (Å²) < 4.78 is 49.1. The van der Waals surface area contributed by atoms with E-state index in [0.29, 0.717) is 23.1 Å². The van der Waals surface area contributed by atoms with Gasteiger partial charge in [0.05, 0.1) is 5.56 Å². The molecule has 0 aliphatic rings. The van der Waals surface area contributed by atoms with Crippen molar-refractivity contribution in [3.8, 4) is 28.0 Å². The number of carbonyl (C=O) groups is 1. The van der Waals surface area contributed by atoms with Gasteiger partial charge in [0.25, 0.3) is 0 Å². The Kier molecular flexibility index (Phi) is 7.35. The monoisotopic (exact) mass is 474 g/mol. The number of rotatable bonds is 7. The van der Waals surface area contributed by atoms with Crippen LogP contribution in [0, 0.1) is 17.5 Å². The molecule has 0 amide bonds. The van der Waals surface area contributed by atoms with Gasteiger partial charge in [0.15, 0.2) is 11.6 Å². The Bertz CT molecular complexity index is 1340. The molecule has 0 N–H and O–H groups in total. The molecule has 0 spiro atoms. The van der Waals surface area contributed by atoms with Crippen molar-refractivity contribution >= 4 is 5.97 Å². The maximum absolute atomic E-state index is 15.0. The Morgan fingerprint density at radius 3 is 1.83 bits per heavy atom. The van der Waals surface area contributed by atoms with Crippen LogP contribution in [0.25, 0.3) is 22.3 Å². The van der Waals surface area contributed by atoms with E-state index in [1.807, 2.05) is 19.1 Å². The lowest BCUT2D eigenvalue weighted by molar-refractivity contribution is 0.0734. The van der Waals surface area contributed by atoms with Crippen LogP contribution >= 0.6 is 0 Å². The Hall–Kier alpha value is -3.86.